The first kappa shape index (κ1) is 19.5. The van der Waals surface area contributed by atoms with Crippen LogP contribution in [0.4, 0.5) is 9.52 Å². The number of benzene rings is 2. The van der Waals surface area contributed by atoms with Crippen molar-refractivity contribution >= 4 is 44.6 Å². The molecule has 0 aliphatic heterocycles. The second kappa shape index (κ2) is 8.30. The van der Waals surface area contributed by atoms with Crippen LogP contribution in [0.2, 0.25) is 0 Å². The lowest BCUT2D eigenvalue weighted by molar-refractivity contribution is -0.111. The maximum absolute atomic E-state index is 13.0. The van der Waals surface area contributed by atoms with Gasteiger partial charge in [0.1, 0.15) is 17.3 Å². The lowest BCUT2D eigenvalue weighted by atomic mass is 10.2. The molecule has 1 amide bonds. The molecule has 0 spiro atoms. The van der Waals surface area contributed by atoms with Crippen LogP contribution in [0.25, 0.3) is 27.6 Å². The van der Waals surface area contributed by atoms with Crippen molar-refractivity contribution in [3.8, 4) is 11.3 Å². The van der Waals surface area contributed by atoms with Gasteiger partial charge in [0.25, 0.3) is 0 Å². The van der Waals surface area contributed by atoms with Crippen LogP contribution < -0.4 is 5.32 Å². The van der Waals surface area contributed by atoms with Crippen LogP contribution in [0, 0.1) is 5.82 Å². The van der Waals surface area contributed by atoms with Crippen LogP contribution in [0.3, 0.4) is 0 Å². The maximum Gasteiger partial charge on any atom is 0.337 e. The highest BCUT2D eigenvalue weighted by Gasteiger charge is 2.11. The highest BCUT2D eigenvalue weighted by Crippen LogP contribution is 2.27. The minimum absolute atomic E-state index is 0.321. The molecular formula is C22H15FN2O4S. The third kappa shape index (κ3) is 4.28. The van der Waals surface area contributed by atoms with E-state index < -0.39 is 5.97 Å². The lowest BCUT2D eigenvalue weighted by Gasteiger charge is -1.97. The average Bonchev–Trinajstić information content (AvgIpc) is 3.38. The monoisotopic (exact) mass is 422 g/mol. The van der Waals surface area contributed by atoms with Gasteiger partial charge in [-0.15, -0.1) is 0 Å². The third-order valence-electron chi connectivity index (χ3n) is 4.19. The zero-order chi connectivity index (χ0) is 21.1. The molecule has 0 radical (unpaired) electrons. The summed E-state index contributed by atoms with van der Waals surface area (Å²) in [6.07, 6.45) is 2.87. The summed E-state index contributed by atoms with van der Waals surface area (Å²) in [6.45, 7) is 0. The molecule has 0 unspecified atom stereocenters. The van der Waals surface area contributed by atoms with E-state index in [1.54, 1.807) is 42.5 Å². The van der Waals surface area contributed by atoms with Crippen molar-refractivity contribution in [2.24, 2.45) is 0 Å². The Balaban J connectivity index is 1.43. The molecule has 0 bridgehead atoms. The summed E-state index contributed by atoms with van der Waals surface area (Å²) in [5.41, 5.74) is 1.82. The van der Waals surface area contributed by atoms with E-state index >= 15 is 0 Å². The molecule has 1 N–H and O–H groups in total. The number of nitrogens with one attached hydrogen (secondary N) is 1. The number of nitrogens with zero attached hydrogens (tertiary/aromatic N) is 1. The smallest absolute Gasteiger partial charge is 0.337 e. The number of hydrogen-bond donors (Lipinski definition) is 1. The number of rotatable bonds is 5. The van der Waals surface area contributed by atoms with Gasteiger partial charge >= 0.3 is 5.97 Å². The largest absolute Gasteiger partial charge is 0.465 e. The van der Waals surface area contributed by atoms with Crippen LogP contribution in [-0.4, -0.2) is 24.0 Å². The number of furan rings is 1. The van der Waals surface area contributed by atoms with Gasteiger partial charge < -0.3 is 9.15 Å². The first-order valence-corrected chi connectivity index (χ1v) is 9.67. The zero-order valence-electron chi connectivity index (χ0n) is 15.7. The number of thiazole rings is 1. The summed E-state index contributed by atoms with van der Waals surface area (Å²) in [5, 5.41) is 3.10. The molecular weight excluding hydrogens is 407 g/mol. The molecule has 0 aliphatic rings. The summed E-state index contributed by atoms with van der Waals surface area (Å²) in [6, 6.07) is 14.4. The quantitative estimate of drug-likeness (QED) is 0.356. The second-order valence-electron chi connectivity index (χ2n) is 6.22. The number of aromatic nitrogens is 1. The normalized spacial score (nSPS) is 11.1. The van der Waals surface area contributed by atoms with Crippen LogP contribution in [0.5, 0.6) is 0 Å². The standard InChI is InChI=1S/C22H15FN2O4S/c1-28-21(27)14-4-9-17-19(12-14)30-22(24-17)25-20(26)11-8-16-7-10-18(29-16)13-2-5-15(23)6-3-13/h2-12H,1H3,(H,24,25,26)/b11-8+. The third-order valence-corrected chi connectivity index (χ3v) is 5.13. The van der Waals surface area contributed by atoms with E-state index in [1.807, 2.05) is 0 Å². The van der Waals surface area contributed by atoms with Crippen LogP contribution in [0.15, 0.2) is 65.1 Å². The van der Waals surface area contributed by atoms with Crippen molar-refractivity contribution < 1.29 is 23.1 Å². The molecule has 0 saturated heterocycles. The highest BCUT2D eigenvalue weighted by molar-refractivity contribution is 7.22. The molecule has 2 heterocycles. The number of carbonyl (C=O) groups excluding carboxylic acids is 2. The van der Waals surface area contributed by atoms with E-state index in [2.05, 4.69) is 10.3 Å². The minimum Gasteiger partial charge on any atom is -0.465 e. The Labute approximate surface area is 174 Å². The first-order chi connectivity index (χ1) is 14.5. The van der Waals surface area contributed by atoms with Crippen LogP contribution in [-0.2, 0) is 9.53 Å². The predicted molar refractivity (Wildman–Crippen MR) is 113 cm³/mol. The number of carbonyl (C=O) groups is 2. The second-order valence-corrected chi connectivity index (χ2v) is 7.26. The Kier molecular flexibility index (Phi) is 5.40. The van der Waals surface area contributed by atoms with Crippen LogP contribution in [0.1, 0.15) is 16.1 Å². The van der Waals surface area contributed by atoms with Gasteiger partial charge in [0.15, 0.2) is 5.13 Å². The Morgan fingerprint density at radius 3 is 2.70 bits per heavy atom. The molecule has 0 fully saturated rings. The van der Waals surface area contributed by atoms with Crippen molar-refractivity contribution in [1.29, 1.82) is 0 Å². The summed E-state index contributed by atoms with van der Waals surface area (Å²) >= 11 is 1.25. The van der Waals surface area contributed by atoms with Gasteiger partial charge in [0.2, 0.25) is 5.91 Å². The predicted octanol–water partition coefficient (Wildman–Crippen LogP) is 5.13. The van der Waals surface area contributed by atoms with Crippen molar-refractivity contribution in [3.63, 3.8) is 0 Å². The fraction of sp³-hybridized carbons (Fsp3) is 0.0455. The van der Waals surface area contributed by atoms with Crippen molar-refractivity contribution in [1.82, 2.24) is 4.98 Å². The minimum atomic E-state index is -0.433. The van der Waals surface area contributed by atoms with Gasteiger partial charge in [-0.1, -0.05) is 11.3 Å². The molecule has 150 valence electrons. The highest BCUT2D eigenvalue weighted by atomic mass is 32.1. The fourth-order valence-corrected chi connectivity index (χ4v) is 3.65. The topological polar surface area (TPSA) is 81.4 Å². The SMILES string of the molecule is COC(=O)c1ccc2nc(NC(=O)/C=C/c3ccc(-c4ccc(F)cc4)o3)sc2c1. The average molecular weight is 422 g/mol. The van der Waals surface area contributed by atoms with E-state index in [0.29, 0.717) is 27.7 Å². The Morgan fingerprint density at radius 2 is 1.93 bits per heavy atom. The van der Waals surface area contributed by atoms with Gasteiger partial charge in [-0.3, -0.25) is 10.1 Å². The number of methoxy groups -OCH3 is 1. The summed E-state index contributed by atoms with van der Waals surface area (Å²) in [7, 11) is 1.32. The number of anilines is 1. The molecule has 2 aromatic carbocycles. The number of halogens is 1. The fourth-order valence-electron chi connectivity index (χ4n) is 2.74. The number of ether oxygens (including phenoxy) is 1. The number of esters is 1. The van der Waals surface area contributed by atoms with E-state index in [4.69, 9.17) is 9.15 Å². The van der Waals surface area contributed by atoms with Gasteiger partial charge in [-0.2, -0.15) is 0 Å². The molecule has 0 aliphatic carbocycles. The van der Waals surface area contributed by atoms with E-state index in [0.717, 1.165) is 10.3 Å². The van der Waals surface area contributed by atoms with E-state index in [1.165, 1.54) is 42.7 Å². The molecule has 4 rings (SSSR count). The number of hydrogen-bond acceptors (Lipinski definition) is 6. The number of amides is 1. The number of fused-ring (bicyclic) bond motifs is 1. The van der Waals surface area contributed by atoms with E-state index in [9.17, 15) is 14.0 Å². The Morgan fingerprint density at radius 1 is 1.13 bits per heavy atom. The van der Waals surface area contributed by atoms with Crippen molar-refractivity contribution in [2.75, 3.05) is 12.4 Å². The summed E-state index contributed by atoms with van der Waals surface area (Å²) < 4.78 is 24.1. The molecule has 0 atom stereocenters. The molecule has 6 nitrogen and oxygen atoms in total. The van der Waals surface area contributed by atoms with Gasteiger partial charge in [-0.05, 0) is 60.7 Å². The molecule has 2 aromatic heterocycles. The van der Waals surface area contributed by atoms with E-state index in [-0.39, 0.29) is 11.7 Å². The Bertz CT molecular complexity index is 1260. The van der Waals surface area contributed by atoms with Crippen LogP contribution >= 0.6 is 11.3 Å². The molecule has 8 heteroatoms. The Hall–Kier alpha value is -3.78. The lowest BCUT2D eigenvalue weighted by Crippen LogP contribution is -2.07. The van der Waals surface area contributed by atoms with Crippen molar-refractivity contribution in [2.45, 2.75) is 0 Å². The van der Waals surface area contributed by atoms with Gasteiger partial charge in [0.05, 0.1) is 22.9 Å². The van der Waals surface area contributed by atoms with Gasteiger partial charge in [-0.25, -0.2) is 14.2 Å². The van der Waals surface area contributed by atoms with Gasteiger partial charge in [0, 0.05) is 11.6 Å². The van der Waals surface area contributed by atoms with Crippen molar-refractivity contribution in [3.05, 3.63) is 77.8 Å². The summed E-state index contributed by atoms with van der Waals surface area (Å²) in [4.78, 5) is 28.2. The maximum atomic E-state index is 13.0. The molecule has 4 aromatic rings. The zero-order valence-corrected chi connectivity index (χ0v) is 16.5. The molecule has 30 heavy (non-hydrogen) atoms. The molecule has 0 saturated carbocycles. The first-order valence-electron chi connectivity index (χ1n) is 8.85. The summed E-state index contributed by atoms with van der Waals surface area (Å²) in [5.74, 6) is -0.0724.